The van der Waals surface area contributed by atoms with E-state index in [4.69, 9.17) is 18.0 Å². The van der Waals surface area contributed by atoms with Crippen LogP contribution in [0.1, 0.15) is 37.9 Å². The Labute approximate surface area is 148 Å². The second kappa shape index (κ2) is 5.84. The van der Waals surface area contributed by atoms with E-state index >= 15 is 0 Å². The Balaban J connectivity index is 1.99. The molecular formula is C16H18F3N5S. The van der Waals surface area contributed by atoms with Gasteiger partial charge in [0.25, 0.3) is 0 Å². The monoisotopic (exact) mass is 369 g/mol. The van der Waals surface area contributed by atoms with Gasteiger partial charge in [-0.05, 0) is 18.6 Å². The summed E-state index contributed by atoms with van der Waals surface area (Å²) in [6.07, 6.45) is -4.19. The van der Waals surface area contributed by atoms with Crippen molar-refractivity contribution >= 4 is 34.3 Å². The number of fused-ring (bicyclic) bond motifs is 1. The van der Waals surface area contributed by atoms with E-state index in [1.165, 1.54) is 0 Å². The van der Waals surface area contributed by atoms with Gasteiger partial charge in [0.2, 0.25) is 0 Å². The molecule has 1 aromatic rings. The fourth-order valence-electron chi connectivity index (χ4n) is 2.90. The summed E-state index contributed by atoms with van der Waals surface area (Å²) in [6, 6.07) is 1.89. The average molecular weight is 369 g/mol. The lowest BCUT2D eigenvalue weighted by atomic mass is 9.86. The number of anilines is 1. The molecule has 1 aromatic heterocycles. The van der Waals surface area contributed by atoms with Crippen molar-refractivity contribution in [3.63, 3.8) is 0 Å². The molecule has 0 saturated heterocycles. The largest absolute Gasteiger partial charge is 0.434 e. The molecule has 0 aromatic carbocycles. The van der Waals surface area contributed by atoms with Gasteiger partial charge in [-0.2, -0.15) is 13.2 Å². The van der Waals surface area contributed by atoms with Gasteiger partial charge in [-0.15, -0.1) is 0 Å². The van der Waals surface area contributed by atoms with Crippen molar-refractivity contribution < 1.29 is 13.2 Å². The summed E-state index contributed by atoms with van der Waals surface area (Å²) in [6.45, 7) is 6.67. The van der Waals surface area contributed by atoms with E-state index in [-0.39, 0.29) is 11.3 Å². The van der Waals surface area contributed by atoms with Crippen LogP contribution in [0.25, 0.3) is 0 Å². The summed E-state index contributed by atoms with van der Waals surface area (Å²) in [5.74, 6) is -0.544. The average Bonchev–Trinajstić information content (AvgIpc) is 2.83. The Morgan fingerprint density at radius 2 is 2.08 bits per heavy atom. The number of nitrogens with zero attached hydrogens (tertiary/aromatic N) is 3. The topological polar surface area (TPSA) is 75.7 Å². The number of halogens is 3. The molecule has 9 heteroatoms. The zero-order valence-electron chi connectivity index (χ0n) is 14.0. The molecule has 3 N–H and O–H groups in total. The molecule has 0 spiro atoms. The molecule has 134 valence electrons. The Bertz CT molecular complexity index is 797. The maximum atomic E-state index is 13.1. The van der Waals surface area contributed by atoms with Gasteiger partial charge in [0, 0.05) is 12.0 Å². The van der Waals surface area contributed by atoms with Crippen LogP contribution in [-0.2, 0) is 5.41 Å². The highest BCUT2D eigenvalue weighted by Gasteiger charge is 2.43. The lowest BCUT2D eigenvalue weighted by molar-refractivity contribution is -0.0566. The fourth-order valence-corrected chi connectivity index (χ4v) is 3.12. The molecule has 2 aliphatic rings. The second-order valence-corrected chi connectivity index (χ2v) is 7.31. The number of rotatable bonds is 2. The SMILES string of the molecule is CC(C1=NC(N)C(=S)C(C(F)(F)F)=N1)c1cc2c(cn1)NCC2(C)C. The number of amidine groups is 1. The lowest BCUT2D eigenvalue weighted by Crippen LogP contribution is -2.44. The Hall–Kier alpha value is -1.87. The van der Waals surface area contributed by atoms with Crippen LogP contribution in [0.2, 0.25) is 0 Å². The molecule has 2 atom stereocenters. The molecule has 0 fully saturated rings. The van der Waals surface area contributed by atoms with E-state index in [0.717, 1.165) is 17.8 Å². The van der Waals surface area contributed by atoms with Crippen molar-refractivity contribution in [1.82, 2.24) is 4.98 Å². The summed E-state index contributed by atoms with van der Waals surface area (Å²) in [5, 5.41) is 3.27. The van der Waals surface area contributed by atoms with Gasteiger partial charge in [-0.1, -0.05) is 26.1 Å². The third kappa shape index (κ3) is 3.18. The van der Waals surface area contributed by atoms with Crippen LogP contribution in [0.15, 0.2) is 22.2 Å². The van der Waals surface area contributed by atoms with Crippen LogP contribution in [0, 0.1) is 0 Å². The van der Waals surface area contributed by atoms with E-state index in [1.54, 1.807) is 13.1 Å². The summed E-state index contributed by atoms with van der Waals surface area (Å²) in [4.78, 5) is 11.6. The zero-order valence-corrected chi connectivity index (χ0v) is 14.8. The molecule has 0 amide bonds. The lowest BCUT2D eigenvalue weighted by Gasteiger charge is -2.23. The minimum absolute atomic E-state index is 0.00960. The maximum absolute atomic E-state index is 13.1. The van der Waals surface area contributed by atoms with Gasteiger partial charge >= 0.3 is 6.18 Å². The molecule has 25 heavy (non-hydrogen) atoms. The van der Waals surface area contributed by atoms with Crippen molar-refractivity contribution in [2.75, 3.05) is 11.9 Å². The summed E-state index contributed by atoms with van der Waals surface area (Å²) < 4.78 is 39.4. The quantitative estimate of drug-likeness (QED) is 0.786. The van der Waals surface area contributed by atoms with Crippen LogP contribution in [-0.4, -0.2) is 40.3 Å². The number of alkyl halides is 3. The first-order chi connectivity index (χ1) is 11.5. The first-order valence-corrected chi connectivity index (χ1v) is 8.19. The van der Waals surface area contributed by atoms with E-state index in [2.05, 4.69) is 34.1 Å². The van der Waals surface area contributed by atoms with E-state index in [1.807, 2.05) is 6.07 Å². The van der Waals surface area contributed by atoms with Gasteiger partial charge in [0.05, 0.1) is 28.4 Å². The van der Waals surface area contributed by atoms with Crippen molar-refractivity contribution in [1.29, 1.82) is 0 Å². The van der Waals surface area contributed by atoms with Crippen molar-refractivity contribution in [2.45, 2.75) is 44.4 Å². The second-order valence-electron chi connectivity index (χ2n) is 6.87. The number of aliphatic imine (C=N–C) groups is 2. The fraction of sp³-hybridized carbons (Fsp3) is 0.500. The van der Waals surface area contributed by atoms with Crippen LogP contribution in [0.3, 0.4) is 0 Å². The number of aromatic nitrogens is 1. The standard InChI is InChI=1S/C16H18F3N5S/c1-7(9-4-8-10(5-21-9)22-6-15(8,2)3)14-23-12(16(17,18)19)11(25)13(20)24-14/h4-5,7,13,22H,6,20H2,1-3H3. The molecular weight excluding hydrogens is 351 g/mol. The summed E-state index contributed by atoms with van der Waals surface area (Å²) >= 11 is 4.74. The highest BCUT2D eigenvalue weighted by molar-refractivity contribution is 7.82. The van der Waals surface area contributed by atoms with E-state index in [9.17, 15) is 13.2 Å². The number of hydrogen-bond acceptors (Lipinski definition) is 6. The Kier molecular flexibility index (Phi) is 4.19. The number of thiocarbonyl (C=S) groups is 1. The van der Waals surface area contributed by atoms with Crippen LogP contribution >= 0.6 is 12.2 Å². The molecule has 2 aliphatic heterocycles. The third-order valence-corrected chi connectivity index (χ3v) is 4.91. The summed E-state index contributed by atoms with van der Waals surface area (Å²) in [7, 11) is 0. The van der Waals surface area contributed by atoms with Crippen molar-refractivity contribution in [3.05, 3.63) is 23.5 Å². The number of pyridine rings is 1. The smallest absolute Gasteiger partial charge is 0.383 e. The Morgan fingerprint density at radius 3 is 2.72 bits per heavy atom. The van der Waals surface area contributed by atoms with Gasteiger partial charge < -0.3 is 11.1 Å². The van der Waals surface area contributed by atoms with Crippen LogP contribution in [0.5, 0.6) is 0 Å². The minimum atomic E-state index is -4.66. The normalized spacial score (nSPS) is 23.5. The first kappa shape index (κ1) is 17.9. The van der Waals surface area contributed by atoms with Gasteiger partial charge in [0.15, 0.2) is 5.71 Å². The van der Waals surface area contributed by atoms with Gasteiger partial charge in [-0.25, -0.2) is 9.98 Å². The van der Waals surface area contributed by atoms with Gasteiger partial charge in [0.1, 0.15) is 12.0 Å². The van der Waals surface area contributed by atoms with Crippen molar-refractivity contribution in [2.24, 2.45) is 15.7 Å². The van der Waals surface area contributed by atoms with Crippen LogP contribution in [0.4, 0.5) is 18.9 Å². The highest BCUT2D eigenvalue weighted by Crippen LogP contribution is 2.37. The first-order valence-electron chi connectivity index (χ1n) is 7.78. The number of nitrogens with two attached hydrogens (primary N) is 1. The zero-order chi connectivity index (χ0) is 18.6. The number of nitrogens with one attached hydrogen (secondary N) is 1. The molecule has 5 nitrogen and oxygen atoms in total. The molecule has 0 aliphatic carbocycles. The molecule has 3 rings (SSSR count). The van der Waals surface area contributed by atoms with E-state index < -0.39 is 28.8 Å². The van der Waals surface area contributed by atoms with E-state index in [0.29, 0.717) is 5.69 Å². The summed E-state index contributed by atoms with van der Waals surface area (Å²) in [5.41, 5.74) is 7.04. The maximum Gasteiger partial charge on any atom is 0.434 e. The molecule has 2 unspecified atom stereocenters. The molecule has 0 radical (unpaired) electrons. The minimum Gasteiger partial charge on any atom is -0.383 e. The molecule has 0 saturated carbocycles. The predicted molar refractivity (Wildman–Crippen MR) is 95.7 cm³/mol. The third-order valence-electron chi connectivity index (χ3n) is 4.47. The molecule has 0 bridgehead atoms. The predicted octanol–water partition coefficient (Wildman–Crippen LogP) is 2.96. The van der Waals surface area contributed by atoms with Crippen molar-refractivity contribution in [3.8, 4) is 0 Å². The molecule has 3 heterocycles. The highest BCUT2D eigenvalue weighted by atomic mass is 32.1. The van der Waals surface area contributed by atoms with Crippen LogP contribution < -0.4 is 11.1 Å². The van der Waals surface area contributed by atoms with Gasteiger partial charge in [-0.3, -0.25) is 4.98 Å². The Morgan fingerprint density at radius 1 is 1.40 bits per heavy atom. The number of hydrogen-bond donors (Lipinski definition) is 2.